The molecule has 2 aromatic rings. The van der Waals surface area contributed by atoms with E-state index >= 15 is 0 Å². The summed E-state index contributed by atoms with van der Waals surface area (Å²) in [6.07, 6.45) is 2.81. The average Bonchev–Trinajstić information content (AvgIpc) is 3.27. The molecule has 1 unspecified atom stereocenters. The number of hydrogen-bond donors (Lipinski definition) is 2. The first-order valence-corrected chi connectivity index (χ1v) is 9.55. The molecule has 7 nitrogen and oxygen atoms in total. The number of aryl methyl sites for hydroxylation is 1. The van der Waals surface area contributed by atoms with Crippen LogP contribution in [0, 0.1) is 5.82 Å². The Balaban J connectivity index is 0.00000280. The van der Waals surface area contributed by atoms with Crippen molar-refractivity contribution in [2.45, 2.75) is 52.3 Å². The summed E-state index contributed by atoms with van der Waals surface area (Å²) in [6, 6.07) is 6.21. The maximum atomic E-state index is 13.3. The number of nitrogens with zero attached hydrogens (tertiary/aromatic N) is 4. The van der Waals surface area contributed by atoms with E-state index in [9.17, 15) is 4.39 Å². The van der Waals surface area contributed by atoms with Gasteiger partial charge in [0.15, 0.2) is 11.8 Å². The molecule has 1 aromatic heterocycles. The van der Waals surface area contributed by atoms with Gasteiger partial charge in [0.2, 0.25) is 0 Å². The van der Waals surface area contributed by atoms with Crippen LogP contribution in [0.3, 0.4) is 0 Å². The van der Waals surface area contributed by atoms with Crippen molar-refractivity contribution in [3.63, 3.8) is 0 Å². The summed E-state index contributed by atoms with van der Waals surface area (Å²) in [4.78, 5) is 4.62. The van der Waals surface area contributed by atoms with Crippen LogP contribution in [0.25, 0.3) is 0 Å². The molecule has 0 spiro atoms. The fourth-order valence-electron chi connectivity index (χ4n) is 3.03. The van der Waals surface area contributed by atoms with Crippen LogP contribution < -0.4 is 15.4 Å². The lowest BCUT2D eigenvalue weighted by molar-refractivity contribution is 0.198. The van der Waals surface area contributed by atoms with Crippen molar-refractivity contribution in [2.24, 2.45) is 4.99 Å². The zero-order chi connectivity index (χ0) is 19.1. The molecule has 0 amide bonds. The predicted octanol–water partition coefficient (Wildman–Crippen LogP) is 2.89. The van der Waals surface area contributed by atoms with Gasteiger partial charge < -0.3 is 19.9 Å². The van der Waals surface area contributed by atoms with Crippen LogP contribution in [0.15, 0.2) is 29.3 Å². The van der Waals surface area contributed by atoms with Crippen molar-refractivity contribution < 1.29 is 9.13 Å². The van der Waals surface area contributed by atoms with E-state index in [1.54, 1.807) is 12.1 Å². The summed E-state index contributed by atoms with van der Waals surface area (Å²) in [7, 11) is 0. The van der Waals surface area contributed by atoms with Crippen LogP contribution in [0.4, 0.5) is 4.39 Å². The summed E-state index contributed by atoms with van der Waals surface area (Å²) in [5.41, 5.74) is 0. The molecular weight excluding hydrogens is 474 g/mol. The number of aliphatic imine (C=N–C) groups is 1. The quantitative estimate of drug-likeness (QED) is 0.330. The molecule has 1 aromatic carbocycles. The summed E-state index contributed by atoms with van der Waals surface area (Å²) in [5.74, 6) is 2.88. The monoisotopic (exact) mass is 502 g/mol. The van der Waals surface area contributed by atoms with E-state index in [0.29, 0.717) is 24.8 Å². The second-order valence-electron chi connectivity index (χ2n) is 6.47. The van der Waals surface area contributed by atoms with Gasteiger partial charge in [-0.3, -0.25) is 0 Å². The third-order valence-electron chi connectivity index (χ3n) is 4.46. The smallest absolute Gasteiger partial charge is 0.191 e. The van der Waals surface area contributed by atoms with Crippen molar-refractivity contribution in [2.75, 3.05) is 13.1 Å². The molecule has 1 aliphatic heterocycles. The van der Waals surface area contributed by atoms with Gasteiger partial charge in [-0.15, -0.1) is 34.2 Å². The molecule has 9 heteroatoms. The number of halogens is 2. The Labute approximate surface area is 182 Å². The lowest BCUT2D eigenvalue weighted by Crippen LogP contribution is -2.42. The Morgan fingerprint density at radius 2 is 2.18 bits per heavy atom. The zero-order valence-electron chi connectivity index (χ0n) is 16.3. The maximum Gasteiger partial charge on any atom is 0.191 e. The largest absolute Gasteiger partial charge is 0.489 e. The highest BCUT2D eigenvalue weighted by molar-refractivity contribution is 14.0. The van der Waals surface area contributed by atoms with Crippen molar-refractivity contribution >= 4 is 29.9 Å². The van der Waals surface area contributed by atoms with Gasteiger partial charge in [-0.25, -0.2) is 9.38 Å². The maximum absolute atomic E-state index is 13.3. The Hall–Kier alpha value is -1.91. The number of aromatic nitrogens is 3. The molecule has 1 atom stereocenters. The number of ether oxygens (including phenoxy) is 1. The predicted molar refractivity (Wildman–Crippen MR) is 118 cm³/mol. The van der Waals surface area contributed by atoms with Gasteiger partial charge in [0.1, 0.15) is 30.0 Å². The normalized spacial score (nSPS) is 14.2. The summed E-state index contributed by atoms with van der Waals surface area (Å²) >= 11 is 0. The van der Waals surface area contributed by atoms with Gasteiger partial charge in [-0.2, -0.15) is 0 Å². The SMILES string of the molecule is CCNC(=NCc1nnc2n1CCC2)NCC(CC)Oc1cccc(F)c1.I. The molecule has 0 saturated carbocycles. The van der Waals surface area contributed by atoms with Gasteiger partial charge >= 0.3 is 0 Å². The van der Waals surface area contributed by atoms with Gasteiger partial charge in [0, 0.05) is 25.6 Å². The molecule has 0 aliphatic carbocycles. The lowest BCUT2D eigenvalue weighted by Gasteiger charge is -2.20. The second-order valence-corrected chi connectivity index (χ2v) is 6.47. The number of rotatable bonds is 8. The Bertz CT molecular complexity index is 782. The highest BCUT2D eigenvalue weighted by atomic mass is 127. The van der Waals surface area contributed by atoms with Crippen molar-refractivity contribution in [3.05, 3.63) is 41.7 Å². The Morgan fingerprint density at radius 3 is 2.93 bits per heavy atom. The van der Waals surface area contributed by atoms with Crippen LogP contribution in [-0.4, -0.2) is 39.9 Å². The molecule has 0 radical (unpaired) electrons. The molecule has 28 heavy (non-hydrogen) atoms. The minimum absolute atomic E-state index is 0. The number of nitrogens with one attached hydrogen (secondary N) is 2. The first-order chi connectivity index (χ1) is 13.2. The average molecular weight is 502 g/mol. The molecular formula is C19H28FIN6O. The number of benzene rings is 1. The molecule has 2 N–H and O–H groups in total. The number of hydrogen-bond acceptors (Lipinski definition) is 4. The van der Waals surface area contributed by atoms with Gasteiger partial charge in [0.05, 0.1) is 6.54 Å². The molecule has 154 valence electrons. The van der Waals surface area contributed by atoms with E-state index in [1.165, 1.54) is 12.1 Å². The number of fused-ring (bicyclic) bond motifs is 1. The first kappa shape index (κ1) is 22.4. The van der Waals surface area contributed by atoms with Crippen LogP contribution in [0.2, 0.25) is 0 Å². The van der Waals surface area contributed by atoms with Crippen LogP contribution in [0.5, 0.6) is 5.75 Å². The summed E-state index contributed by atoms with van der Waals surface area (Å²) < 4.78 is 21.3. The van der Waals surface area contributed by atoms with Crippen LogP contribution in [-0.2, 0) is 19.5 Å². The third-order valence-corrected chi connectivity index (χ3v) is 4.46. The molecule has 2 heterocycles. The second kappa shape index (κ2) is 11.2. The summed E-state index contributed by atoms with van der Waals surface area (Å²) in [5, 5.41) is 15.0. The van der Waals surface area contributed by atoms with E-state index in [0.717, 1.165) is 44.0 Å². The van der Waals surface area contributed by atoms with Gasteiger partial charge in [-0.05, 0) is 31.9 Å². The number of guanidine groups is 1. The van der Waals surface area contributed by atoms with Gasteiger partial charge in [-0.1, -0.05) is 13.0 Å². The Morgan fingerprint density at radius 1 is 1.32 bits per heavy atom. The van der Waals surface area contributed by atoms with Crippen molar-refractivity contribution in [1.82, 2.24) is 25.4 Å². The first-order valence-electron chi connectivity index (χ1n) is 9.55. The van der Waals surface area contributed by atoms with Crippen LogP contribution in [0.1, 0.15) is 38.3 Å². The highest BCUT2D eigenvalue weighted by Gasteiger charge is 2.17. The summed E-state index contributed by atoms with van der Waals surface area (Å²) in [6.45, 7) is 6.82. The molecule has 3 rings (SSSR count). The topological polar surface area (TPSA) is 76.4 Å². The van der Waals surface area contributed by atoms with E-state index < -0.39 is 0 Å². The van der Waals surface area contributed by atoms with Crippen molar-refractivity contribution in [1.29, 1.82) is 0 Å². The Kier molecular flexibility index (Phi) is 8.94. The molecule has 0 fully saturated rings. The molecule has 0 bridgehead atoms. The van der Waals surface area contributed by atoms with E-state index in [4.69, 9.17) is 4.74 Å². The molecule has 1 aliphatic rings. The highest BCUT2D eigenvalue weighted by Crippen LogP contribution is 2.15. The lowest BCUT2D eigenvalue weighted by atomic mass is 10.2. The molecule has 0 saturated heterocycles. The van der Waals surface area contributed by atoms with E-state index in [1.807, 2.05) is 13.8 Å². The van der Waals surface area contributed by atoms with E-state index in [-0.39, 0.29) is 35.9 Å². The minimum Gasteiger partial charge on any atom is -0.489 e. The van der Waals surface area contributed by atoms with Crippen LogP contribution >= 0.6 is 24.0 Å². The van der Waals surface area contributed by atoms with E-state index in [2.05, 4.69) is 30.4 Å². The fraction of sp³-hybridized carbons (Fsp3) is 0.526. The zero-order valence-corrected chi connectivity index (χ0v) is 18.7. The fourth-order valence-corrected chi connectivity index (χ4v) is 3.03. The standard InChI is InChI=1S/C19H27FN6O.HI/c1-3-15(27-16-8-5-7-14(20)11-16)12-22-19(21-4-2)23-13-18-25-24-17-9-6-10-26(17)18;/h5,7-8,11,15H,3-4,6,9-10,12-13H2,1-2H3,(H2,21,22,23);1H. The van der Waals surface area contributed by atoms with Crippen molar-refractivity contribution in [3.8, 4) is 5.75 Å². The van der Waals surface area contributed by atoms with Gasteiger partial charge in [0.25, 0.3) is 0 Å². The third kappa shape index (κ3) is 6.05. The minimum atomic E-state index is -0.300.